The first-order valence-electron chi connectivity index (χ1n) is 25.3. The number of aliphatic hydroxyl groups excluding tert-OH is 1. The fraction of sp³-hybridized carbons (Fsp3) is 0.316. The van der Waals surface area contributed by atoms with Crippen molar-refractivity contribution in [2.75, 3.05) is 79.3 Å². The van der Waals surface area contributed by atoms with E-state index in [1.54, 1.807) is 30.3 Å². The maximum Gasteiger partial charge on any atom is 0.336 e. The minimum atomic E-state index is -3.40. The van der Waals surface area contributed by atoms with Crippen molar-refractivity contribution in [3.8, 4) is 33.9 Å². The summed E-state index contributed by atoms with van der Waals surface area (Å²) >= 11 is 0. The van der Waals surface area contributed by atoms with Crippen LogP contribution in [-0.2, 0) is 13.6 Å². The summed E-state index contributed by atoms with van der Waals surface area (Å²) in [6.45, 7) is 6.80. The number of azo groups is 2. The third-order valence-corrected chi connectivity index (χ3v) is 14.0. The van der Waals surface area contributed by atoms with Gasteiger partial charge in [-0.15, -0.1) is 10.2 Å². The molecule has 1 atom stereocenters. The van der Waals surface area contributed by atoms with E-state index in [1.165, 1.54) is 57.3 Å². The highest BCUT2D eigenvalue weighted by Gasteiger charge is 2.25. The van der Waals surface area contributed by atoms with Crippen LogP contribution in [0.5, 0.6) is 11.5 Å². The van der Waals surface area contributed by atoms with Gasteiger partial charge in [0.05, 0.1) is 62.0 Å². The Morgan fingerprint density at radius 3 is 2.00 bits per heavy atom. The summed E-state index contributed by atoms with van der Waals surface area (Å²) in [5.41, 5.74) is 6.26. The molecule has 78 heavy (non-hydrogen) atoms. The second kappa shape index (κ2) is 26.7. The Morgan fingerprint density at radius 2 is 1.40 bits per heavy atom. The third kappa shape index (κ3) is 14.9. The molecule has 3 N–H and O–H groups in total. The zero-order valence-electron chi connectivity index (χ0n) is 44.7. The molecule has 0 saturated carbocycles. The number of rotatable bonds is 26. The van der Waals surface area contributed by atoms with E-state index >= 15 is 0 Å². The summed E-state index contributed by atoms with van der Waals surface area (Å²) < 4.78 is 44.1. The van der Waals surface area contributed by atoms with Crippen LogP contribution < -0.4 is 29.6 Å². The second-order valence-corrected chi connectivity index (χ2v) is 20.8. The number of methoxy groups -OCH3 is 2. The molecule has 0 fully saturated rings. The predicted molar refractivity (Wildman–Crippen MR) is 299 cm³/mol. The van der Waals surface area contributed by atoms with Gasteiger partial charge < -0.3 is 43.4 Å². The van der Waals surface area contributed by atoms with Gasteiger partial charge in [-0.05, 0) is 96.6 Å². The van der Waals surface area contributed by atoms with Gasteiger partial charge in [0, 0.05) is 84.4 Å². The molecule has 1 heterocycles. The minimum Gasteiger partial charge on any atom is -0.494 e. The highest BCUT2D eigenvalue weighted by atomic mass is 31.2. The van der Waals surface area contributed by atoms with Crippen molar-refractivity contribution in [3.63, 3.8) is 0 Å². The fourth-order valence-electron chi connectivity index (χ4n) is 8.48. The number of nitro benzene ring substituents is 1. The number of nitrogens with zero attached hydrogens (tertiary/aromatic N) is 7. The summed E-state index contributed by atoms with van der Waals surface area (Å²) in [5.74, 6) is 0.0991. The number of nitrogens with one attached hydrogen (secondary N) is 1. The Morgan fingerprint density at radius 1 is 0.756 bits per heavy atom. The van der Waals surface area contributed by atoms with E-state index in [-0.39, 0.29) is 42.9 Å². The van der Waals surface area contributed by atoms with Crippen molar-refractivity contribution in [3.05, 3.63) is 147 Å². The quantitative estimate of drug-likeness (QED) is 0.00869. The third-order valence-electron chi connectivity index (χ3n) is 12.7. The molecule has 20 nitrogen and oxygen atoms in total. The molecular formula is C57H64N8O12P+. The summed E-state index contributed by atoms with van der Waals surface area (Å²) in [5, 5.41) is 52.9. The van der Waals surface area contributed by atoms with Gasteiger partial charge in [-0.25, -0.2) is 9.37 Å². The van der Waals surface area contributed by atoms with Crippen LogP contribution >= 0.6 is 7.60 Å². The normalized spacial score (nSPS) is 12.4. The monoisotopic (exact) mass is 1080 g/mol. The van der Waals surface area contributed by atoms with Crippen LogP contribution in [0, 0.1) is 10.1 Å². The van der Waals surface area contributed by atoms with E-state index in [4.69, 9.17) is 22.9 Å². The first-order valence-corrected chi connectivity index (χ1v) is 27.3. The highest BCUT2D eigenvalue weighted by Crippen LogP contribution is 2.45. The van der Waals surface area contributed by atoms with Crippen LogP contribution in [-0.4, -0.2) is 101 Å². The van der Waals surface area contributed by atoms with Gasteiger partial charge in [-0.2, -0.15) is 10.2 Å². The lowest BCUT2D eigenvalue weighted by molar-refractivity contribution is -0.384. The van der Waals surface area contributed by atoms with E-state index < -0.39 is 18.5 Å². The average Bonchev–Trinajstić information content (AvgIpc) is 3.58. The van der Waals surface area contributed by atoms with Crippen LogP contribution in [0.2, 0.25) is 0 Å². The van der Waals surface area contributed by atoms with Gasteiger partial charge in [0.25, 0.3) is 11.6 Å². The lowest BCUT2D eigenvalue weighted by atomic mass is 9.88. The number of amides is 1. The van der Waals surface area contributed by atoms with Gasteiger partial charge in [0.15, 0.2) is 0 Å². The highest BCUT2D eigenvalue weighted by molar-refractivity contribution is 7.52. The molecule has 7 rings (SSSR count). The maximum absolute atomic E-state index is 13.6. The summed E-state index contributed by atoms with van der Waals surface area (Å²) in [6.07, 6.45) is 2.84. The number of carbonyl (C=O) groups excluding carboxylic acids is 1. The maximum atomic E-state index is 13.6. The van der Waals surface area contributed by atoms with E-state index in [1.807, 2.05) is 72.1 Å². The number of fused-ring (bicyclic) bond motifs is 2. The minimum absolute atomic E-state index is 0.0612. The molecule has 0 radical (unpaired) electrons. The number of hydrogen-bond acceptors (Lipinski definition) is 16. The zero-order valence-corrected chi connectivity index (χ0v) is 45.6. The van der Waals surface area contributed by atoms with Crippen molar-refractivity contribution in [2.24, 2.45) is 20.5 Å². The Bertz CT molecular complexity index is 3410. The molecular weight excluding hydrogens is 1020 g/mol. The smallest absolute Gasteiger partial charge is 0.336 e. The van der Waals surface area contributed by atoms with E-state index in [9.17, 15) is 34.5 Å². The van der Waals surface area contributed by atoms with E-state index in [2.05, 4.69) is 39.6 Å². The summed E-state index contributed by atoms with van der Waals surface area (Å²) in [4.78, 5) is 38.6. The lowest BCUT2D eigenvalue weighted by Crippen LogP contribution is -2.30. The first-order chi connectivity index (χ1) is 37.5. The molecule has 5 aromatic rings. The molecule has 408 valence electrons. The van der Waals surface area contributed by atoms with Crippen molar-refractivity contribution in [1.29, 1.82) is 0 Å². The number of anilines is 1. The number of non-ortho nitro benzene ring substituents is 1. The summed E-state index contributed by atoms with van der Waals surface area (Å²) in [6, 6.07) is 32.4. The van der Waals surface area contributed by atoms with Crippen LogP contribution in [0.3, 0.4) is 0 Å². The number of aromatic carboxylic acids is 1. The van der Waals surface area contributed by atoms with E-state index in [0.717, 1.165) is 40.4 Å². The molecule has 21 heteroatoms. The number of carboxylic acid groups (broad SMARTS) is 1. The Hall–Kier alpha value is -8.16. The standard InChI is InChI=1S/C57H63N8O12P/c1-37(2)38-12-24-46-51(33-38)77-52-34-44(63(3)4)22-25-47(52)55(46)48-32-39(13-23-45(48)57(68)69)56(67)58-26-10-8-9-11-30-75-78(7,72)76-31-28-64(27-29-66)42-18-14-40(15-19-42)59-61-49-35-54(74-6)50(36-53(49)73-5)62-60-41-16-20-43(21-17-41)65(70)71/h12-25,32-37,66H,8-11,26-31H2,1-7H3,(H-,58,67,68,69)/p+1. The molecule has 0 saturated heterocycles. The Labute approximate surface area is 451 Å². The Balaban J connectivity index is 0.869. The van der Waals surface area contributed by atoms with Crippen LogP contribution in [0.1, 0.15) is 71.7 Å². The van der Waals surface area contributed by atoms with Crippen LogP contribution in [0.4, 0.5) is 34.1 Å². The lowest BCUT2D eigenvalue weighted by Gasteiger charge is -2.24. The number of benzene rings is 6. The topological polar surface area (TPSA) is 253 Å². The number of hydrogen-bond donors (Lipinski definition) is 3. The number of ether oxygens (including phenoxy) is 2. The van der Waals surface area contributed by atoms with Crippen molar-refractivity contribution in [2.45, 2.75) is 45.4 Å². The molecule has 1 aliphatic carbocycles. The van der Waals surface area contributed by atoms with Crippen molar-refractivity contribution in [1.82, 2.24) is 9.89 Å². The van der Waals surface area contributed by atoms with Crippen LogP contribution in [0.15, 0.2) is 140 Å². The molecule has 5 aromatic carbocycles. The van der Waals surface area contributed by atoms with Gasteiger partial charge >= 0.3 is 13.6 Å². The predicted octanol–water partition coefficient (Wildman–Crippen LogP) is 12.5. The summed E-state index contributed by atoms with van der Waals surface area (Å²) in [7, 11) is 3.43. The number of carbonyl (C=O) groups is 2. The molecule has 0 spiro atoms. The van der Waals surface area contributed by atoms with Gasteiger partial charge in [-0.1, -0.05) is 38.8 Å². The molecule has 0 aromatic heterocycles. The molecule has 1 amide bonds. The van der Waals surface area contributed by atoms with Crippen LogP contribution in [0.25, 0.3) is 33.4 Å². The average molecular weight is 1080 g/mol. The molecule has 0 bridgehead atoms. The van der Waals surface area contributed by atoms with E-state index in [0.29, 0.717) is 94.8 Å². The van der Waals surface area contributed by atoms with Gasteiger partial charge in [0.2, 0.25) is 5.36 Å². The van der Waals surface area contributed by atoms with Crippen molar-refractivity contribution >= 4 is 64.6 Å². The van der Waals surface area contributed by atoms with Gasteiger partial charge in [0.1, 0.15) is 48.3 Å². The zero-order chi connectivity index (χ0) is 55.9. The molecule has 2 aliphatic rings. The number of unbranched alkanes of at least 4 members (excludes halogenated alkanes) is 3. The number of nitro groups is 1. The molecule has 1 aliphatic heterocycles. The number of carboxylic acids is 1. The van der Waals surface area contributed by atoms with Gasteiger partial charge in [-0.3, -0.25) is 19.5 Å². The first kappa shape index (κ1) is 57.5. The SMILES string of the molecule is COc1cc(N=Nc2ccc([N+](=O)[O-])cc2)c(OC)cc1N=Nc1ccc(N(CCO)CCOP(C)(=O)OCCCCCCNC(=O)c2ccc(C(=O)O)c(-c3c4ccc(=[N+](C)C)cc-4oc4cc(C(C)C)ccc34)c2)cc1. The largest absolute Gasteiger partial charge is 0.494 e. The van der Waals surface area contributed by atoms with Crippen molar-refractivity contribution < 1.29 is 52.2 Å². The Kier molecular flexibility index (Phi) is 19.7. The fourth-order valence-corrected chi connectivity index (χ4v) is 9.43. The second-order valence-electron chi connectivity index (χ2n) is 18.7. The molecule has 1 unspecified atom stereocenters. The number of aliphatic hydroxyl groups is 1.